The Morgan fingerprint density at radius 1 is 1.20 bits per heavy atom. The van der Waals surface area contributed by atoms with Crippen LogP contribution < -0.4 is 9.62 Å². The van der Waals surface area contributed by atoms with E-state index in [1.807, 2.05) is 19.0 Å². The van der Waals surface area contributed by atoms with Gasteiger partial charge in [0.15, 0.2) is 0 Å². The van der Waals surface area contributed by atoms with E-state index in [1.165, 1.54) is 0 Å². The maximum atomic E-state index is 12.0. The highest BCUT2D eigenvalue weighted by atomic mass is 32.2. The van der Waals surface area contributed by atoms with Gasteiger partial charge in [-0.1, -0.05) is 18.1 Å². The molecule has 1 N–H and O–H groups in total. The molecule has 6 nitrogen and oxygen atoms in total. The maximum Gasteiger partial charge on any atom is 0.222 e. The van der Waals surface area contributed by atoms with E-state index in [2.05, 4.69) is 51.8 Å². The average molecular weight is 365 g/mol. The molecule has 0 aromatic heterocycles. The van der Waals surface area contributed by atoms with Crippen molar-refractivity contribution in [2.45, 2.75) is 6.04 Å². The predicted octanol–water partition coefficient (Wildman–Crippen LogP) is 0.594. The van der Waals surface area contributed by atoms with Crippen LogP contribution in [0.1, 0.15) is 11.6 Å². The molecule has 0 spiro atoms. The molecule has 0 saturated carbocycles. The molecule has 1 aromatic carbocycles. The van der Waals surface area contributed by atoms with Gasteiger partial charge in [-0.3, -0.25) is 4.90 Å². The van der Waals surface area contributed by atoms with Gasteiger partial charge in [-0.2, -0.15) is 0 Å². The number of hydrogen-bond donors (Lipinski definition) is 1. The third-order valence-electron chi connectivity index (χ3n) is 4.54. The quantitative estimate of drug-likeness (QED) is 0.718. The first kappa shape index (κ1) is 19.7. The minimum atomic E-state index is -3.44. The van der Waals surface area contributed by atoms with Gasteiger partial charge in [-0.15, -0.1) is 6.42 Å². The van der Waals surface area contributed by atoms with Crippen LogP contribution in [0.25, 0.3) is 0 Å². The summed E-state index contributed by atoms with van der Waals surface area (Å²) >= 11 is 0. The summed E-state index contributed by atoms with van der Waals surface area (Å²) in [5.74, 6) is 1.91. The van der Waals surface area contributed by atoms with E-state index in [0.29, 0.717) is 6.54 Å². The van der Waals surface area contributed by atoms with Crippen LogP contribution in [0.15, 0.2) is 24.3 Å². The Labute approximate surface area is 151 Å². The van der Waals surface area contributed by atoms with E-state index in [9.17, 15) is 8.42 Å². The first-order valence-electron chi connectivity index (χ1n) is 8.43. The van der Waals surface area contributed by atoms with Crippen molar-refractivity contribution in [3.8, 4) is 12.3 Å². The minimum Gasteiger partial charge on any atom is -0.378 e. The molecule has 1 fully saturated rings. The number of piperazine rings is 1. The van der Waals surface area contributed by atoms with Gasteiger partial charge in [0.25, 0.3) is 0 Å². The smallest absolute Gasteiger partial charge is 0.222 e. The van der Waals surface area contributed by atoms with Gasteiger partial charge in [0.1, 0.15) is 5.75 Å². The second-order valence-corrected chi connectivity index (χ2v) is 8.46. The molecule has 7 heteroatoms. The molecule has 2 rings (SSSR count). The summed E-state index contributed by atoms with van der Waals surface area (Å²) in [6.07, 6.45) is 5.15. The van der Waals surface area contributed by atoms with Gasteiger partial charge in [0, 0.05) is 58.5 Å². The Balaban J connectivity index is 2.18. The zero-order valence-corrected chi connectivity index (χ0v) is 16.1. The van der Waals surface area contributed by atoms with Crippen molar-refractivity contribution in [1.29, 1.82) is 0 Å². The van der Waals surface area contributed by atoms with Crippen molar-refractivity contribution in [3.05, 3.63) is 29.8 Å². The van der Waals surface area contributed by atoms with Gasteiger partial charge < -0.3 is 9.80 Å². The van der Waals surface area contributed by atoms with Gasteiger partial charge >= 0.3 is 0 Å². The molecular weight excluding hydrogens is 336 g/mol. The number of nitrogens with one attached hydrogen (secondary N) is 1. The van der Waals surface area contributed by atoms with E-state index in [1.54, 1.807) is 0 Å². The molecule has 1 atom stereocenters. The molecule has 0 amide bonds. The summed E-state index contributed by atoms with van der Waals surface area (Å²) in [6.45, 7) is 4.10. The molecule has 0 bridgehead atoms. The van der Waals surface area contributed by atoms with Crippen LogP contribution in [0.2, 0.25) is 0 Å². The first-order chi connectivity index (χ1) is 11.8. The number of likely N-dealkylation sites (N-methyl/N-ethyl adjacent to an activating group) is 1. The zero-order chi connectivity index (χ0) is 18.4. The lowest BCUT2D eigenvalue weighted by Crippen LogP contribution is -2.48. The summed E-state index contributed by atoms with van der Waals surface area (Å²) in [6, 6.07) is 8.28. The van der Waals surface area contributed by atoms with Gasteiger partial charge in [-0.25, -0.2) is 13.1 Å². The van der Waals surface area contributed by atoms with E-state index in [0.717, 1.165) is 37.4 Å². The summed E-state index contributed by atoms with van der Waals surface area (Å²) in [5.41, 5.74) is 2.23. The topological polar surface area (TPSA) is 55.9 Å². The Hall–Kier alpha value is -1.59. The molecule has 138 valence electrons. The third-order valence-corrected chi connectivity index (χ3v) is 5.70. The van der Waals surface area contributed by atoms with Crippen LogP contribution in [0.5, 0.6) is 0 Å². The molecule has 1 aliphatic rings. The Kier molecular flexibility index (Phi) is 6.85. The van der Waals surface area contributed by atoms with Crippen LogP contribution in [-0.2, 0) is 10.0 Å². The molecule has 25 heavy (non-hydrogen) atoms. The van der Waals surface area contributed by atoms with Gasteiger partial charge in [-0.05, 0) is 24.7 Å². The molecule has 1 saturated heterocycles. The fraction of sp³-hybridized carbons (Fsp3) is 0.556. The molecule has 0 radical (unpaired) electrons. The SMILES string of the molecule is C#CCS(=O)(=O)NC[C@@H](c1ccc(N(C)C)cc1)N1CCN(C)CC1. The molecular formula is C18H28N4O2S. The van der Waals surface area contributed by atoms with Crippen molar-refractivity contribution in [1.82, 2.24) is 14.5 Å². The van der Waals surface area contributed by atoms with E-state index >= 15 is 0 Å². The number of anilines is 1. The maximum absolute atomic E-state index is 12.0. The normalized spacial score (nSPS) is 17.8. The highest BCUT2D eigenvalue weighted by molar-refractivity contribution is 7.89. The zero-order valence-electron chi connectivity index (χ0n) is 15.3. The van der Waals surface area contributed by atoms with Gasteiger partial charge in [0.2, 0.25) is 10.0 Å². The highest BCUT2D eigenvalue weighted by Crippen LogP contribution is 2.24. The predicted molar refractivity (Wildman–Crippen MR) is 103 cm³/mol. The third kappa shape index (κ3) is 5.72. The van der Waals surface area contributed by atoms with Crippen LogP contribution >= 0.6 is 0 Å². The Bertz CT molecular complexity index is 687. The first-order valence-corrected chi connectivity index (χ1v) is 10.1. The summed E-state index contributed by atoms with van der Waals surface area (Å²) < 4.78 is 26.6. The molecule has 0 unspecified atom stereocenters. The van der Waals surface area contributed by atoms with Gasteiger partial charge in [0.05, 0.1) is 0 Å². The molecule has 1 aromatic rings. The summed E-state index contributed by atoms with van der Waals surface area (Å²) in [4.78, 5) is 6.67. The number of benzene rings is 1. The van der Waals surface area contributed by atoms with E-state index in [-0.39, 0.29) is 11.8 Å². The van der Waals surface area contributed by atoms with Crippen molar-refractivity contribution in [3.63, 3.8) is 0 Å². The molecule has 1 heterocycles. The largest absolute Gasteiger partial charge is 0.378 e. The lowest BCUT2D eigenvalue weighted by atomic mass is 10.0. The van der Waals surface area contributed by atoms with E-state index < -0.39 is 10.0 Å². The van der Waals surface area contributed by atoms with Crippen LogP contribution in [-0.4, -0.2) is 77.8 Å². The average Bonchev–Trinajstić information content (AvgIpc) is 2.57. The fourth-order valence-corrected chi connectivity index (χ4v) is 3.69. The number of sulfonamides is 1. The lowest BCUT2D eigenvalue weighted by molar-refractivity contribution is 0.113. The Morgan fingerprint density at radius 2 is 1.80 bits per heavy atom. The lowest BCUT2D eigenvalue weighted by Gasteiger charge is -2.38. The van der Waals surface area contributed by atoms with Crippen molar-refractivity contribution < 1.29 is 8.42 Å². The Morgan fingerprint density at radius 3 is 2.32 bits per heavy atom. The van der Waals surface area contributed by atoms with Crippen LogP contribution in [0, 0.1) is 12.3 Å². The summed E-state index contributed by atoms with van der Waals surface area (Å²) in [7, 11) is 2.67. The van der Waals surface area contributed by atoms with E-state index in [4.69, 9.17) is 6.42 Å². The summed E-state index contributed by atoms with van der Waals surface area (Å²) in [5, 5.41) is 0. The van der Waals surface area contributed by atoms with Crippen molar-refractivity contribution in [2.75, 3.05) is 64.5 Å². The van der Waals surface area contributed by atoms with Crippen LogP contribution in [0.4, 0.5) is 5.69 Å². The van der Waals surface area contributed by atoms with Crippen LogP contribution in [0.3, 0.4) is 0 Å². The number of nitrogens with zero attached hydrogens (tertiary/aromatic N) is 3. The fourth-order valence-electron chi connectivity index (χ4n) is 2.95. The van der Waals surface area contributed by atoms with Crippen molar-refractivity contribution in [2.24, 2.45) is 0 Å². The minimum absolute atomic E-state index is 0.00235. The van der Waals surface area contributed by atoms with Crippen molar-refractivity contribution >= 4 is 15.7 Å². The molecule has 1 aliphatic heterocycles. The second-order valence-electron chi connectivity index (χ2n) is 6.65. The number of hydrogen-bond acceptors (Lipinski definition) is 5. The molecule has 0 aliphatic carbocycles. The standard InChI is InChI=1S/C18H28N4O2S/c1-5-14-25(23,24)19-15-18(22-12-10-21(4)11-13-22)16-6-8-17(9-7-16)20(2)3/h1,6-9,18-19H,10-15H2,2-4H3/t18-/m0/s1. The monoisotopic (exact) mass is 364 g/mol. The highest BCUT2D eigenvalue weighted by Gasteiger charge is 2.25. The second kappa shape index (κ2) is 8.68. The number of terminal acetylenes is 1. The number of rotatable bonds is 7.